The average molecular weight is 412 g/mol. The number of benzene rings is 2. The van der Waals surface area contributed by atoms with Gasteiger partial charge in [-0.3, -0.25) is 0 Å². The van der Waals surface area contributed by atoms with Gasteiger partial charge in [0, 0.05) is 23.3 Å². The Balaban J connectivity index is 1.95. The van der Waals surface area contributed by atoms with Gasteiger partial charge in [0.25, 0.3) is 0 Å². The Morgan fingerprint density at radius 3 is 2.62 bits per heavy atom. The van der Waals surface area contributed by atoms with E-state index in [4.69, 9.17) is 0 Å². The Morgan fingerprint density at radius 1 is 1.19 bits per heavy atom. The molecule has 2 heteroatoms. The molecule has 2 aromatic carbocycles. The molecule has 2 aromatic rings. The molecule has 26 heavy (non-hydrogen) atoms. The van der Waals surface area contributed by atoms with E-state index in [1.807, 2.05) is 0 Å². The predicted molar refractivity (Wildman–Crippen MR) is 116 cm³/mol. The highest BCUT2D eigenvalue weighted by Gasteiger charge is 2.21. The summed E-state index contributed by atoms with van der Waals surface area (Å²) in [6.45, 7) is 15.5. The molecular weight excluding hydrogens is 382 g/mol. The van der Waals surface area contributed by atoms with Crippen molar-refractivity contribution < 1.29 is 0 Å². The fourth-order valence-corrected chi connectivity index (χ4v) is 4.59. The van der Waals surface area contributed by atoms with Gasteiger partial charge in [-0.15, -0.1) is 0 Å². The molecular formula is C24H30BrN. The summed E-state index contributed by atoms with van der Waals surface area (Å²) in [6, 6.07) is 13.3. The molecule has 0 radical (unpaired) electrons. The minimum absolute atomic E-state index is 0.274. The lowest BCUT2D eigenvalue weighted by atomic mass is 9.90. The maximum Gasteiger partial charge on any atom is 0.0429 e. The van der Waals surface area contributed by atoms with Gasteiger partial charge in [0.2, 0.25) is 0 Å². The number of nitrogens with zero attached hydrogens (tertiary/aromatic N) is 1. The first-order chi connectivity index (χ1) is 12.2. The first-order valence-corrected chi connectivity index (χ1v) is 10.3. The molecule has 0 atom stereocenters. The highest BCUT2D eigenvalue weighted by molar-refractivity contribution is 9.10. The van der Waals surface area contributed by atoms with E-state index in [-0.39, 0.29) is 5.41 Å². The highest BCUT2D eigenvalue weighted by Crippen LogP contribution is 2.35. The van der Waals surface area contributed by atoms with Gasteiger partial charge in [-0.2, -0.15) is 0 Å². The second kappa shape index (κ2) is 7.60. The van der Waals surface area contributed by atoms with Crippen LogP contribution in [-0.2, 0) is 13.0 Å². The van der Waals surface area contributed by atoms with Crippen molar-refractivity contribution in [3.63, 3.8) is 0 Å². The first-order valence-electron chi connectivity index (χ1n) is 9.54. The van der Waals surface area contributed by atoms with Crippen LogP contribution in [0.25, 0.3) is 11.1 Å². The monoisotopic (exact) mass is 411 g/mol. The van der Waals surface area contributed by atoms with Gasteiger partial charge in [0.1, 0.15) is 0 Å². The molecule has 1 heterocycles. The number of halogens is 1. The topological polar surface area (TPSA) is 3.24 Å². The zero-order valence-corrected chi connectivity index (χ0v) is 18.1. The molecule has 138 valence electrons. The lowest BCUT2D eigenvalue weighted by Crippen LogP contribution is -2.25. The van der Waals surface area contributed by atoms with Crippen LogP contribution in [0.4, 0.5) is 0 Å². The first kappa shape index (κ1) is 19.2. The summed E-state index contributed by atoms with van der Waals surface area (Å²) in [4.78, 5) is 2.49. The Kier molecular flexibility index (Phi) is 5.62. The smallest absolute Gasteiger partial charge is 0.0429 e. The van der Waals surface area contributed by atoms with Gasteiger partial charge in [0.05, 0.1) is 0 Å². The number of allylic oxidation sites excluding steroid dienone is 1. The molecule has 0 spiro atoms. The molecule has 1 aliphatic rings. The summed E-state index contributed by atoms with van der Waals surface area (Å²) in [6.07, 6.45) is 3.35. The predicted octanol–water partition coefficient (Wildman–Crippen LogP) is 7.12. The van der Waals surface area contributed by atoms with Crippen molar-refractivity contribution in [3.8, 4) is 11.1 Å². The summed E-state index contributed by atoms with van der Waals surface area (Å²) in [5, 5.41) is 0. The van der Waals surface area contributed by atoms with Crippen LogP contribution in [0.15, 0.2) is 53.1 Å². The van der Waals surface area contributed by atoms with E-state index in [2.05, 4.69) is 91.5 Å². The SMILES string of the molecule is C=C(CC(C)(C)C)N1CCCc2c(Br)cc(-c3ccccc3C)cc2C1. The third-order valence-corrected chi connectivity index (χ3v) is 5.85. The van der Waals surface area contributed by atoms with E-state index in [0.29, 0.717) is 0 Å². The number of rotatable bonds is 3. The lowest BCUT2D eigenvalue weighted by Gasteiger charge is -2.30. The normalized spacial score (nSPS) is 14.7. The van der Waals surface area contributed by atoms with Gasteiger partial charge in [-0.1, -0.05) is 67.5 Å². The fourth-order valence-electron chi connectivity index (χ4n) is 3.89. The van der Waals surface area contributed by atoms with E-state index in [1.54, 1.807) is 0 Å². The molecule has 0 bridgehead atoms. The Morgan fingerprint density at radius 2 is 1.92 bits per heavy atom. The quantitative estimate of drug-likeness (QED) is 0.519. The molecule has 3 rings (SSSR count). The van der Waals surface area contributed by atoms with E-state index < -0.39 is 0 Å². The number of hydrogen-bond acceptors (Lipinski definition) is 1. The maximum atomic E-state index is 4.41. The van der Waals surface area contributed by atoms with E-state index >= 15 is 0 Å². The summed E-state index contributed by atoms with van der Waals surface area (Å²) in [7, 11) is 0. The minimum atomic E-state index is 0.274. The van der Waals surface area contributed by atoms with E-state index in [0.717, 1.165) is 25.9 Å². The Labute approximate surface area is 167 Å². The van der Waals surface area contributed by atoms with Crippen LogP contribution in [0.3, 0.4) is 0 Å². The minimum Gasteiger partial charge on any atom is -0.371 e. The van der Waals surface area contributed by atoms with Crippen molar-refractivity contribution >= 4 is 15.9 Å². The van der Waals surface area contributed by atoms with Crippen molar-refractivity contribution in [2.45, 2.75) is 53.5 Å². The van der Waals surface area contributed by atoms with Crippen LogP contribution in [0.5, 0.6) is 0 Å². The van der Waals surface area contributed by atoms with Crippen LogP contribution in [0.1, 0.15) is 50.3 Å². The Bertz CT molecular complexity index is 813. The van der Waals surface area contributed by atoms with Crippen LogP contribution < -0.4 is 0 Å². The molecule has 0 unspecified atom stereocenters. The highest BCUT2D eigenvalue weighted by atomic mass is 79.9. The van der Waals surface area contributed by atoms with Crippen LogP contribution in [0.2, 0.25) is 0 Å². The summed E-state index contributed by atoms with van der Waals surface area (Å²) < 4.78 is 1.25. The fraction of sp³-hybridized carbons (Fsp3) is 0.417. The molecule has 0 amide bonds. The summed E-state index contributed by atoms with van der Waals surface area (Å²) in [5.74, 6) is 0. The molecule has 0 aliphatic carbocycles. The van der Waals surface area contributed by atoms with Crippen molar-refractivity contribution in [1.29, 1.82) is 0 Å². The van der Waals surface area contributed by atoms with E-state index in [1.165, 1.54) is 44.4 Å². The molecule has 0 saturated carbocycles. The Hall–Kier alpha value is -1.54. The zero-order valence-electron chi connectivity index (χ0n) is 16.5. The molecule has 1 nitrogen and oxygen atoms in total. The number of fused-ring (bicyclic) bond motifs is 1. The average Bonchev–Trinajstić information content (AvgIpc) is 2.76. The van der Waals surface area contributed by atoms with Crippen LogP contribution in [-0.4, -0.2) is 11.4 Å². The number of hydrogen-bond donors (Lipinski definition) is 0. The second-order valence-electron chi connectivity index (χ2n) is 8.74. The second-order valence-corrected chi connectivity index (χ2v) is 9.59. The van der Waals surface area contributed by atoms with Crippen molar-refractivity contribution in [1.82, 2.24) is 4.90 Å². The van der Waals surface area contributed by atoms with Gasteiger partial charge < -0.3 is 4.90 Å². The van der Waals surface area contributed by atoms with Gasteiger partial charge in [0.15, 0.2) is 0 Å². The largest absolute Gasteiger partial charge is 0.371 e. The third-order valence-electron chi connectivity index (χ3n) is 5.14. The summed E-state index contributed by atoms with van der Waals surface area (Å²) >= 11 is 3.85. The van der Waals surface area contributed by atoms with Crippen molar-refractivity contribution in [2.75, 3.05) is 6.54 Å². The third kappa shape index (κ3) is 4.40. The van der Waals surface area contributed by atoms with Crippen molar-refractivity contribution in [2.24, 2.45) is 5.41 Å². The summed E-state index contributed by atoms with van der Waals surface area (Å²) in [5.41, 5.74) is 8.39. The molecule has 0 fully saturated rings. The number of aryl methyl sites for hydroxylation is 1. The van der Waals surface area contributed by atoms with Crippen molar-refractivity contribution in [3.05, 3.63) is 69.8 Å². The van der Waals surface area contributed by atoms with Crippen LogP contribution in [0, 0.1) is 12.3 Å². The molecule has 0 saturated heterocycles. The maximum absolute atomic E-state index is 4.41. The van der Waals surface area contributed by atoms with Crippen LogP contribution >= 0.6 is 15.9 Å². The zero-order chi connectivity index (χ0) is 18.9. The standard InChI is InChI=1S/C24H30BrN/c1-17-9-6-7-10-21(17)19-13-20-16-26(18(2)15-24(3,4)5)12-8-11-22(20)23(25)14-19/h6-7,9-10,13-14H,2,8,11-12,15-16H2,1,3-5H3. The van der Waals surface area contributed by atoms with E-state index in [9.17, 15) is 0 Å². The lowest BCUT2D eigenvalue weighted by molar-refractivity contribution is 0.286. The van der Waals surface area contributed by atoms with Gasteiger partial charge in [-0.05, 0) is 71.6 Å². The van der Waals surface area contributed by atoms with Gasteiger partial charge >= 0.3 is 0 Å². The van der Waals surface area contributed by atoms with Gasteiger partial charge in [-0.25, -0.2) is 0 Å². The molecule has 0 aromatic heterocycles. The molecule has 1 aliphatic heterocycles. The molecule has 0 N–H and O–H groups in total.